The van der Waals surface area contributed by atoms with Crippen molar-refractivity contribution in [3.05, 3.63) is 65.5 Å². The minimum absolute atomic E-state index is 0.144. The second-order valence-electron chi connectivity index (χ2n) is 8.37. The van der Waals surface area contributed by atoms with Gasteiger partial charge in [-0.25, -0.2) is 4.39 Å². The number of carbonyl (C=O) groups excluding carboxylic acids is 2. The van der Waals surface area contributed by atoms with Crippen LogP contribution in [0.5, 0.6) is 5.75 Å². The summed E-state index contributed by atoms with van der Waals surface area (Å²) in [5, 5.41) is 2.94. The van der Waals surface area contributed by atoms with Gasteiger partial charge in [0, 0.05) is 17.8 Å². The first kappa shape index (κ1) is 24.7. The Labute approximate surface area is 188 Å². The molecule has 0 fully saturated rings. The minimum atomic E-state index is -0.660. The van der Waals surface area contributed by atoms with Crippen molar-refractivity contribution in [1.29, 1.82) is 0 Å². The second kappa shape index (κ2) is 11.2. The van der Waals surface area contributed by atoms with Gasteiger partial charge in [-0.2, -0.15) is 0 Å². The molecule has 0 spiro atoms. The highest BCUT2D eigenvalue weighted by Gasteiger charge is 2.28. The fourth-order valence-corrected chi connectivity index (χ4v) is 3.87. The number of methoxy groups -OCH3 is 1. The number of benzene rings is 2. The van der Waals surface area contributed by atoms with Crippen LogP contribution in [0.25, 0.3) is 0 Å². The van der Waals surface area contributed by atoms with Crippen molar-refractivity contribution < 1.29 is 18.7 Å². The second-order valence-corrected chi connectivity index (χ2v) is 9.36. The van der Waals surface area contributed by atoms with Gasteiger partial charge in [0.2, 0.25) is 11.8 Å². The molecule has 0 aromatic heterocycles. The SMILES string of the molecule is COc1cccc(CN(C(=O)CSCc2ccccc2F)C(C)C(=O)NC(C)(C)C)c1. The van der Waals surface area contributed by atoms with E-state index in [1.807, 2.05) is 45.0 Å². The quantitative estimate of drug-likeness (QED) is 0.620. The average molecular weight is 447 g/mol. The Balaban J connectivity index is 2.13. The average Bonchev–Trinajstić information content (AvgIpc) is 2.71. The van der Waals surface area contributed by atoms with Gasteiger partial charge in [0.05, 0.1) is 12.9 Å². The van der Waals surface area contributed by atoms with E-state index in [0.29, 0.717) is 17.1 Å². The summed E-state index contributed by atoms with van der Waals surface area (Å²) >= 11 is 1.33. The molecule has 2 aromatic rings. The normalized spacial score (nSPS) is 12.2. The molecule has 0 radical (unpaired) electrons. The predicted molar refractivity (Wildman–Crippen MR) is 123 cm³/mol. The maximum absolute atomic E-state index is 13.8. The lowest BCUT2D eigenvalue weighted by atomic mass is 10.1. The number of nitrogens with one attached hydrogen (secondary N) is 1. The summed E-state index contributed by atoms with van der Waals surface area (Å²) in [6, 6.07) is 13.3. The lowest BCUT2D eigenvalue weighted by Gasteiger charge is -2.31. The lowest BCUT2D eigenvalue weighted by molar-refractivity contribution is -0.139. The molecule has 5 nitrogen and oxygen atoms in total. The fourth-order valence-electron chi connectivity index (χ4n) is 2.97. The van der Waals surface area contributed by atoms with Crippen LogP contribution in [0.15, 0.2) is 48.5 Å². The summed E-state index contributed by atoms with van der Waals surface area (Å²) in [6.07, 6.45) is 0. The number of ether oxygens (including phenoxy) is 1. The van der Waals surface area contributed by atoms with Crippen molar-refractivity contribution in [3.63, 3.8) is 0 Å². The number of amides is 2. The Bertz CT molecular complexity index is 898. The fraction of sp³-hybridized carbons (Fsp3) is 0.417. The van der Waals surface area contributed by atoms with Crippen molar-refractivity contribution >= 4 is 23.6 Å². The Hall–Kier alpha value is -2.54. The summed E-state index contributed by atoms with van der Waals surface area (Å²) in [5.74, 6) is 0.530. The maximum atomic E-state index is 13.8. The highest BCUT2D eigenvalue weighted by Crippen LogP contribution is 2.20. The van der Waals surface area contributed by atoms with E-state index in [4.69, 9.17) is 4.74 Å². The van der Waals surface area contributed by atoms with Gasteiger partial charge in [-0.1, -0.05) is 30.3 Å². The van der Waals surface area contributed by atoms with E-state index >= 15 is 0 Å². The van der Waals surface area contributed by atoms with Crippen LogP contribution in [-0.2, 0) is 21.9 Å². The molecule has 7 heteroatoms. The zero-order valence-electron chi connectivity index (χ0n) is 18.8. The molecule has 0 aliphatic carbocycles. The van der Waals surface area contributed by atoms with Crippen LogP contribution in [0.4, 0.5) is 4.39 Å². The molecular formula is C24H31FN2O3S. The smallest absolute Gasteiger partial charge is 0.242 e. The molecule has 0 saturated carbocycles. The van der Waals surface area contributed by atoms with E-state index in [0.717, 1.165) is 5.56 Å². The number of nitrogens with zero attached hydrogens (tertiary/aromatic N) is 1. The van der Waals surface area contributed by atoms with Crippen LogP contribution < -0.4 is 10.1 Å². The molecule has 1 atom stereocenters. The van der Waals surface area contributed by atoms with Gasteiger partial charge < -0.3 is 15.0 Å². The first-order valence-electron chi connectivity index (χ1n) is 10.2. The first-order valence-corrected chi connectivity index (χ1v) is 11.3. The maximum Gasteiger partial charge on any atom is 0.242 e. The minimum Gasteiger partial charge on any atom is -0.497 e. The third-order valence-electron chi connectivity index (χ3n) is 4.59. The molecule has 1 N–H and O–H groups in total. The molecule has 31 heavy (non-hydrogen) atoms. The van der Waals surface area contributed by atoms with Crippen molar-refractivity contribution in [2.75, 3.05) is 12.9 Å². The van der Waals surface area contributed by atoms with E-state index in [-0.39, 0.29) is 29.9 Å². The molecule has 0 saturated heterocycles. The number of halogens is 1. The summed E-state index contributed by atoms with van der Waals surface area (Å²) in [4.78, 5) is 27.4. The van der Waals surface area contributed by atoms with E-state index in [2.05, 4.69) is 5.32 Å². The third kappa shape index (κ3) is 7.90. The van der Waals surface area contributed by atoms with Gasteiger partial charge in [0.1, 0.15) is 17.6 Å². The molecular weight excluding hydrogens is 415 g/mol. The largest absolute Gasteiger partial charge is 0.497 e. The third-order valence-corrected chi connectivity index (χ3v) is 5.56. The van der Waals surface area contributed by atoms with E-state index in [1.54, 1.807) is 37.1 Å². The van der Waals surface area contributed by atoms with Crippen LogP contribution >= 0.6 is 11.8 Å². The Morgan fingerprint density at radius 2 is 1.87 bits per heavy atom. The van der Waals surface area contributed by atoms with E-state index < -0.39 is 11.6 Å². The number of rotatable bonds is 9. The molecule has 0 aliphatic heterocycles. The standard InChI is InChI=1S/C24H31FN2O3S/c1-17(23(29)26-24(2,3)4)27(14-18-9-8-11-20(13-18)30-5)22(28)16-31-15-19-10-6-7-12-21(19)25/h6-13,17H,14-16H2,1-5H3,(H,26,29). The lowest BCUT2D eigenvalue weighted by Crippen LogP contribution is -2.52. The summed E-state index contributed by atoms with van der Waals surface area (Å²) in [7, 11) is 1.58. The Kier molecular flexibility index (Phi) is 8.92. The van der Waals surface area contributed by atoms with Gasteiger partial charge in [0.25, 0.3) is 0 Å². The van der Waals surface area contributed by atoms with Crippen LogP contribution in [0.1, 0.15) is 38.8 Å². The molecule has 2 aromatic carbocycles. The van der Waals surface area contributed by atoms with Gasteiger partial charge in [0.15, 0.2) is 0 Å². The topological polar surface area (TPSA) is 58.6 Å². The van der Waals surface area contributed by atoms with Gasteiger partial charge in [-0.3, -0.25) is 9.59 Å². The highest BCUT2D eigenvalue weighted by molar-refractivity contribution is 7.99. The Morgan fingerprint density at radius 3 is 2.52 bits per heavy atom. The summed E-state index contributed by atoms with van der Waals surface area (Å²) in [6.45, 7) is 7.69. The highest BCUT2D eigenvalue weighted by atomic mass is 32.2. The molecule has 2 amide bonds. The molecule has 1 unspecified atom stereocenters. The van der Waals surface area contributed by atoms with Crippen molar-refractivity contribution in [2.45, 2.75) is 51.6 Å². The molecule has 2 rings (SSSR count). The van der Waals surface area contributed by atoms with Crippen molar-refractivity contribution in [2.24, 2.45) is 0 Å². The number of hydrogen-bond donors (Lipinski definition) is 1. The monoisotopic (exact) mass is 446 g/mol. The van der Waals surface area contributed by atoms with Crippen molar-refractivity contribution in [3.8, 4) is 5.75 Å². The van der Waals surface area contributed by atoms with Gasteiger partial charge >= 0.3 is 0 Å². The van der Waals surface area contributed by atoms with Crippen LogP contribution in [0, 0.1) is 5.82 Å². The first-order chi connectivity index (χ1) is 14.6. The molecule has 0 heterocycles. The molecule has 0 aliphatic rings. The van der Waals surface area contributed by atoms with Gasteiger partial charge in [-0.05, 0) is 57.0 Å². The predicted octanol–water partition coefficient (Wildman–Crippen LogP) is 4.40. The zero-order valence-corrected chi connectivity index (χ0v) is 19.6. The van der Waals surface area contributed by atoms with E-state index in [9.17, 15) is 14.0 Å². The Morgan fingerprint density at radius 1 is 1.16 bits per heavy atom. The van der Waals surface area contributed by atoms with E-state index in [1.165, 1.54) is 17.8 Å². The molecule has 0 bridgehead atoms. The molecule has 168 valence electrons. The van der Waals surface area contributed by atoms with Crippen molar-refractivity contribution in [1.82, 2.24) is 10.2 Å². The number of hydrogen-bond acceptors (Lipinski definition) is 4. The van der Waals surface area contributed by atoms with Gasteiger partial charge in [-0.15, -0.1) is 11.8 Å². The number of thioether (sulfide) groups is 1. The van der Waals surface area contributed by atoms with Crippen LogP contribution in [0.2, 0.25) is 0 Å². The number of carbonyl (C=O) groups is 2. The van der Waals surface area contributed by atoms with Crippen LogP contribution in [-0.4, -0.2) is 41.2 Å². The summed E-state index contributed by atoms with van der Waals surface area (Å²) in [5.41, 5.74) is 1.01. The zero-order chi connectivity index (χ0) is 23.0. The summed E-state index contributed by atoms with van der Waals surface area (Å²) < 4.78 is 19.1. The van der Waals surface area contributed by atoms with Crippen LogP contribution in [0.3, 0.4) is 0 Å².